The van der Waals surface area contributed by atoms with E-state index in [0.717, 1.165) is 18.4 Å². The average molecular weight is 259 g/mol. The highest BCUT2D eigenvalue weighted by atomic mass is 16.1. The highest BCUT2D eigenvalue weighted by Gasteiger charge is 2.34. The number of carbonyl (C=O) groups excluding carboxylic acids is 1. The third-order valence-electron chi connectivity index (χ3n) is 4.31. The van der Waals surface area contributed by atoms with Gasteiger partial charge in [-0.05, 0) is 50.2 Å². The van der Waals surface area contributed by atoms with E-state index in [4.69, 9.17) is 0 Å². The zero-order chi connectivity index (χ0) is 13.2. The van der Waals surface area contributed by atoms with Gasteiger partial charge in [0, 0.05) is 24.7 Å². The lowest BCUT2D eigenvalue weighted by atomic mass is 9.89. The van der Waals surface area contributed by atoms with Crippen LogP contribution in [0, 0.1) is 12.8 Å². The Morgan fingerprint density at radius 3 is 2.84 bits per heavy atom. The van der Waals surface area contributed by atoms with Crippen molar-refractivity contribution in [1.82, 2.24) is 10.3 Å². The van der Waals surface area contributed by atoms with Crippen molar-refractivity contribution in [2.75, 3.05) is 5.32 Å². The smallest absolute Gasteiger partial charge is 0.225 e. The molecule has 3 rings (SSSR count). The van der Waals surface area contributed by atoms with Gasteiger partial charge in [0.1, 0.15) is 5.82 Å². The summed E-state index contributed by atoms with van der Waals surface area (Å²) in [6, 6.07) is 5.14. The number of carbonyl (C=O) groups is 1. The maximum Gasteiger partial charge on any atom is 0.225 e. The monoisotopic (exact) mass is 259 g/mol. The maximum absolute atomic E-state index is 12.1. The van der Waals surface area contributed by atoms with Crippen LogP contribution in [0.25, 0.3) is 0 Å². The Morgan fingerprint density at radius 1 is 1.42 bits per heavy atom. The van der Waals surface area contributed by atoms with E-state index in [9.17, 15) is 4.79 Å². The molecule has 2 N–H and O–H groups in total. The molecule has 2 atom stereocenters. The first-order chi connectivity index (χ1) is 9.20. The molecule has 19 heavy (non-hydrogen) atoms. The number of pyridine rings is 1. The molecule has 4 nitrogen and oxygen atoms in total. The lowest BCUT2D eigenvalue weighted by Crippen LogP contribution is -2.39. The van der Waals surface area contributed by atoms with Gasteiger partial charge in [0.2, 0.25) is 5.91 Å². The summed E-state index contributed by atoms with van der Waals surface area (Å²) >= 11 is 0. The number of aryl methyl sites for hydroxylation is 1. The summed E-state index contributed by atoms with van der Waals surface area (Å²) < 4.78 is 0. The quantitative estimate of drug-likeness (QED) is 0.875. The Bertz CT molecular complexity index is 462. The van der Waals surface area contributed by atoms with Crippen molar-refractivity contribution in [2.24, 2.45) is 5.92 Å². The first-order valence-electron chi connectivity index (χ1n) is 7.18. The Labute approximate surface area is 114 Å². The molecular weight excluding hydrogens is 238 g/mol. The molecule has 2 saturated heterocycles. The summed E-state index contributed by atoms with van der Waals surface area (Å²) in [5, 5.41) is 6.55. The molecular formula is C15H21N3O. The van der Waals surface area contributed by atoms with Crippen LogP contribution in [-0.2, 0) is 4.79 Å². The molecule has 2 aliphatic rings. The Morgan fingerprint density at radius 2 is 2.16 bits per heavy atom. The fourth-order valence-corrected chi connectivity index (χ4v) is 3.40. The molecule has 0 aromatic carbocycles. The van der Waals surface area contributed by atoms with Crippen LogP contribution in [0.3, 0.4) is 0 Å². The third kappa shape index (κ3) is 2.95. The number of hydrogen-bond acceptors (Lipinski definition) is 3. The van der Waals surface area contributed by atoms with Crippen molar-refractivity contribution >= 4 is 11.7 Å². The molecule has 0 radical (unpaired) electrons. The lowest BCUT2D eigenvalue weighted by molar-refractivity contribution is -0.117. The van der Waals surface area contributed by atoms with Gasteiger partial charge in [0.25, 0.3) is 0 Å². The zero-order valence-corrected chi connectivity index (χ0v) is 11.4. The molecule has 1 aromatic rings. The van der Waals surface area contributed by atoms with E-state index in [-0.39, 0.29) is 5.91 Å². The van der Waals surface area contributed by atoms with Crippen molar-refractivity contribution in [3.8, 4) is 0 Å². The van der Waals surface area contributed by atoms with Crippen LogP contribution in [-0.4, -0.2) is 23.0 Å². The van der Waals surface area contributed by atoms with Crippen LogP contribution >= 0.6 is 0 Å². The van der Waals surface area contributed by atoms with E-state index in [1.54, 1.807) is 6.20 Å². The highest BCUT2D eigenvalue weighted by molar-refractivity contribution is 5.90. The lowest BCUT2D eigenvalue weighted by Gasteiger charge is -2.28. The molecule has 1 amide bonds. The van der Waals surface area contributed by atoms with Gasteiger partial charge in [0.15, 0.2) is 0 Å². The number of hydrogen-bond donors (Lipinski definition) is 2. The van der Waals surface area contributed by atoms with E-state index < -0.39 is 0 Å². The van der Waals surface area contributed by atoms with Crippen LogP contribution in [0.2, 0.25) is 0 Å². The second kappa shape index (κ2) is 5.29. The molecule has 1 aromatic heterocycles. The van der Waals surface area contributed by atoms with Gasteiger partial charge in [-0.1, -0.05) is 6.07 Å². The number of rotatable bonds is 3. The molecule has 0 spiro atoms. The second-order valence-electron chi connectivity index (χ2n) is 5.90. The molecule has 3 heterocycles. The average Bonchev–Trinajstić information content (AvgIpc) is 2.72. The summed E-state index contributed by atoms with van der Waals surface area (Å²) in [6.45, 7) is 1.97. The molecule has 0 saturated carbocycles. The van der Waals surface area contributed by atoms with Crippen molar-refractivity contribution < 1.29 is 4.79 Å². The number of anilines is 1. The Hall–Kier alpha value is -1.42. The predicted octanol–water partition coefficient (Wildman–Crippen LogP) is 2.25. The zero-order valence-electron chi connectivity index (χ0n) is 11.4. The van der Waals surface area contributed by atoms with Gasteiger partial charge in [-0.15, -0.1) is 0 Å². The third-order valence-corrected chi connectivity index (χ3v) is 4.31. The topological polar surface area (TPSA) is 54.0 Å². The summed E-state index contributed by atoms with van der Waals surface area (Å²) in [5.41, 5.74) is 1.02. The SMILES string of the molecule is Cc1cccnc1NC(=O)CC1CC2CCC(C1)N2. The van der Waals surface area contributed by atoms with Crippen LogP contribution in [0.5, 0.6) is 0 Å². The number of aromatic nitrogens is 1. The summed E-state index contributed by atoms with van der Waals surface area (Å²) in [7, 11) is 0. The second-order valence-corrected chi connectivity index (χ2v) is 5.90. The molecule has 2 aliphatic heterocycles. The number of amides is 1. The number of piperidine rings is 1. The fraction of sp³-hybridized carbons (Fsp3) is 0.600. The normalized spacial score (nSPS) is 29.2. The highest BCUT2D eigenvalue weighted by Crippen LogP contribution is 2.32. The van der Waals surface area contributed by atoms with Crippen LogP contribution in [0.1, 0.15) is 37.7 Å². The van der Waals surface area contributed by atoms with Gasteiger partial charge in [-0.2, -0.15) is 0 Å². The summed E-state index contributed by atoms with van der Waals surface area (Å²) in [6.07, 6.45) is 7.19. The standard InChI is InChI=1S/C15H21N3O/c1-10-3-2-6-16-15(10)18-14(19)9-11-7-12-4-5-13(8-11)17-12/h2-3,6,11-13,17H,4-5,7-9H2,1H3,(H,16,18,19). The Balaban J connectivity index is 1.56. The molecule has 102 valence electrons. The Kier molecular flexibility index (Phi) is 3.51. The van der Waals surface area contributed by atoms with Crippen LogP contribution < -0.4 is 10.6 Å². The molecule has 2 bridgehead atoms. The predicted molar refractivity (Wildman–Crippen MR) is 74.9 cm³/mol. The summed E-state index contributed by atoms with van der Waals surface area (Å²) in [4.78, 5) is 16.3. The van der Waals surface area contributed by atoms with E-state index >= 15 is 0 Å². The van der Waals surface area contributed by atoms with Gasteiger partial charge < -0.3 is 10.6 Å². The molecule has 4 heteroatoms. The van der Waals surface area contributed by atoms with Gasteiger partial charge in [-0.25, -0.2) is 4.98 Å². The molecule has 2 fully saturated rings. The minimum atomic E-state index is 0.105. The van der Waals surface area contributed by atoms with Crippen LogP contribution in [0.4, 0.5) is 5.82 Å². The van der Waals surface area contributed by atoms with E-state index in [2.05, 4.69) is 15.6 Å². The molecule has 0 aliphatic carbocycles. The number of nitrogens with zero attached hydrogens (tertiary/aromatic N) is 1. The summed E-state index contributed by atoms with van der Waals surface area (Å²) in [5.74, 6) is 1.33. The number of fused-ring (bicyclic) bond motifs is 2. The number of nitrogens with one attached hydrogen (secondary N) is 2. The maximum atomic E-state index is 12.1. The van der Waals surface area contributed by atoms with E-state index in [1.807, 2.05) is 19.1 Å². The van der Waals surface area contributed by atoms with Crippen molar-refractivity contribution in [3.05, 3.63) is 23.9 Å². The largest absolute Gasteiger partial charge is 0.311 e. The van der Waals surface area contributed by atoms with E-state index in [0.29, 0.717) is 30.2 Å². The van der Waals surface area contributed by atoms with Crippen molar-refractivity contribution in [1.29, 1.82) is 0 Å². The first-order valence-corrected chi connectivity index (χ1v) is 7.18. The first kappa shape index (κ1) is 12.6. The minimum absolute atomic E-state index is 0.105. The van der Waals surface area contributed by atoms with Gasteiger partial charge in [-0.3, -0.25) is 4.79 Å². The van der Waals surface area contributed by atoms with Crippen LogP contribution in [0.15, 0.2) is 18.3 Å². The van der Waals surface area contributed by atoms with Crippen molar-refractivity contribution in [3.63, 3.8) is 0 Å². The van der Waals surface area contributed by atoms with Gasteiger partial charge >= 0.3 is 0 Å². The van der Waals surface area contributed by atoms with Gasteiger partial charge in [0.05, 0.1) is 0 Å². The minimum Gasteiger partial charge on any atom is -0.311 e. The van der Waals surface area contributed by atoms with E-state index in [1.165, 1.54) is 12.8 Å². The fourth-order valence-electron chi connectivity index (χ4n) is 3.40. The van der Waals surface area contributed by atoms with Crippen molar-refractivity contribution in [2.45, 2.75) is 51.1 Å². The molecule has 2 unspecified atom stereocenters.